The van der Waals surface area contributed by atoms with Crippen molar-refractivity contribution in [3.63, 3.8) is 0 Å². The van der Waals surface area contributed by atoms with Gasteiger partial charge in [-0.3, -0.25) is 5.43 Å². The maximum Gasteiger partial charge on any atom is 0.189 e. The van der Waals surface area contributed by atoms with Gasteiger partial charge in [-0.05, 0) is 30.3 Å². The highest BCUT2D eigenvalue weighted by molar-refractivity contribution is 7.80. The third-order valence-corrected chi connectivity index (χ3v) is 5.88. The first-order chi connectivity index (χ1) is 14.7. The van der Waals surface area contributed by atoms with Gasteiger partial charge < -0.3 is 20.3 Å². The molecule has 4 rings (SSSR count). The lowest BCUT2D eigenvalue weighted by Crippen LogP contribution is -2.50. The molecule has 0 unspecified atom stereocenters. The Morgan fingerprint density at radius 1 is 1.33 bits per heavy atom. The van der Waals surface area contributed by atoms with Crippen molar-refractivity contribution in [2.45, 2.75) is 12.8 Å². The average Bonchev–Trinajstić information content (AvgIpc) is 3.02. The average molecular weight is 445 g/mol. The van der Waals surface area contributed by atoms with Gasteiger partial charge in [0.2, 0.25) is 0 Å². The summed E-state index contributed by atoms with van der Waals surface area (Å²) in [6, 6.07) is 1.76. The van der Waals surface area contributed by atoms with E-state index in [4.69, 9.17) is 34.3 Å². The zero-order valence-corrected chi connectivity index (χ0v) is 18.3. The largest absolute Gasteiger partial charge is 0.491 e. The zero-order chi connectivity index (χ0) is 20.9. The number of nitrogens with two attached hydrogens (primary N) is 1. The van der Waals surface area contributed by atoms with Crippen LogP contribution in [0.15, 0.2) is 52.9 Å². The number of ether oxygens (including phenoxy) is 1. The Labute approximate surface area is 186 Å². The number of fused-ring (bicyclic) bond motifs is 1. The van der Waals surface area contributed by atoms with Crippen LogP contribution in [0.2, 0.25) is 5.02 Å². The van der Waals surface area contributed by atoms with Gasteiger partial charge in [0.15, 0.2) is 5.11 Å². The summed E-state index contributed by atoms with van der Waals surface area (Å²) in [5, 5.41) is 5.68. The molecule has 158 valence electrons. The van der Waals surface area contributed by atoms with Crippen molar-refractivity contribution in [3.05, 3.63) is 58.6 Å². The Morgan fingerprint density at radius 3 is 2.97 bits per heavy atom. The van der Waals surface area contributed by atoms with Gasteiger partial charge in [0.25, 0.3) is 0 Å². The summed E-state index contributed by atoms with van der Waals surface area (Å²) in [7, 11) is 0. The van der Waals surface area contributed by atoms with E-state index in [2.05, 4.69) is 49.6 Å². The zero-order valence-electron chi connectivity index (χ0n) is 16.7. The molecule has 7 nitrogen and oxygen atoms in total. The molecule has 0 radical (unpaired) electrons. The second-order valence-corrected chi connectivity index (χ2v) is 8.02. The molecule has 9 heteroatoms. The lowest BCUT2D eigenvalue weighted by molar-refractivity contribution is 0.223. The molecule has 1 fully saturated rings. The number of nitrogens with zero attached hydrogens (tertiary/aromatic N) is 4. The van der Waals surface area contributed by atoms with E-state index >= 15 is 0 Å². The van der Waals surface area contributed by atoms with Gasteiger partial charge in [0.1, 0.15) is 11.4 Å². The molecule has 1 saturated heterocycles. The fourth-order valence-corrected chi connectivity index (χ4v) is 4.10. The van der Waals surface area contributed by atoms with Gasteiger partial charge in [-0.15, -0.1) is 0 Å². The minimum Gasteiger partial charge on any atom is -0.491 e. The highest BCUT2D eigenvalue weighted by Crippen LogP contribution is 2.26. The van der Waals surface area contributed by atoms with Crippen molar-refractivity contribution < 1.29 is 4.74 Å². The van der Waals surface area contributed by atoms with E-state index in [0.717, 1.165) is 38.3 Å². The van der Waals surface area contributed by atoms with Crippen LogP contribution >= 0.6 is 23.8 Å². The maximum absolute atomic E-state index is 6.00. The number of rotatable bonds is 3. The maximum atomic E-state index is 6.00. The minimum atomic E-state index is 0.543. The number of hydrazone groups is 1. The monoisotopic (exact) mass is 444 g/mol. The number of pyridine rings is 1. The van der Waals surface area contributed by atoms with Crippen molar-refractivity contribution in [1.82, 2.24) is 20.2 Å². The van der Waals surface area contributed by atoms with Gasteiger partial charge in [-0.2, -0.15) is 5.10 Å². The van der Waals surface area contributed by atoms with Crippen molar-refractivity contribution in [2.24, 2.45) is 10.8 Å². The van der Waals surface area contributed by atoms with E-state index in [9.17, 15) is 0 Å². The van der Waals surface area contributed by atoms with E-state index < -0.39 is 0 Å². The summed E-state index contributed by atoms with van der Waals surface area (Å²) in [6.45, 7) is 4.50. The van der Waals surface area contributed by atoms with Crippen LogP contribution in [0, 0.1) is 0 Å². The molecule has 3 heterocycles. The second kappa shape index (κ2) is 9.59. The molecular weight excluding hydrogens is 420 g/mol. The highest BCUT2D eigenvalue weighted by Gasteiger charge is 2.23. The number of thiocarbonyl (C=S) groups is 1. The topological polar surface area (TPSA) is 79.0 Å². The number of hydrogen-bond donors (Lipinski definition) is 2. The van der Waals surface area contributed by atoms with E-state index in [1.165, 1.54) is 11.3 Å². The summed E-state index contributed by atoms with van der Waals surface area (Å²) >= 11 is 11.6. The first kappa shape index (κ1) is 20.8. The molecule has 3 N–H and O–H groups in total. The number of halogens is 1. The summed E-state index contributed by atoms with van der Waals surface area (Å²) in [5.74, 6) is 0.656. The molecule has 0 spiro atoms. The van der Waals surface area contributed by atoms with Gasteiger partial charge in [0, 0.05) is 57.1 Å². The van der Waals surface area contributed by atoms with E-state index in [1.807, 2.05) is 0 Å². The first-order valence-electron chi connectivity index (χ1n) is 10.1. The SMILES string of the molecule is NCC1=CCC=CC=C1N1CCN(C(=S)N/N=C2/CCOc3cc(Cl)cnc32)CC1. The highest BCUT2D eigenvalue weighted by atomic mass is 35.5. The van der Waals surface area contributed by atoms with Crippen LogP contribution < -0.4 is 15.9 Å². The number of allylic oxidation sites excluding steroid dienone is 4. The van der Waals surface area contributed by atoms with Gasteiger partial charge in [-0.1, -0.05) is 29.8 Å². The smallest absolute Gasteiger partial charge is 0.189 e. The van der Waals surface area contributed by atoms with Crippen molar-refractivity contribution in [2.75, 3.05) is 39.3 Å². The van der Waals surface area contributed by atoms with Crippen molar-refractivity contribution in [3.8, 4) is 5.75 Å². The fraction of sp³-hybridized carbons (Fsp3) is 0.381. The number of hydrogen-bond acceptors (Lipinski definition) is 6. The molecule has 0 amide bonds. The normalized spacial score (nSPS) is 20.1. The molecule has 3 aliphatic rings. The van der Waals surface area contributed by atoms with Crippen LogP contribution in [-0.2, 0) is 0 Å². The van der Waals surface area contributed by atoms with Crippen molar-refractivity contribution >= 4 is 34.6 Å². The molecule has 1 aliphatic carbocycles. The Hall–Kier alpha value is -2.42. The predicted octanol–water partition coefficient (Wildman–Crippen LogP) is 2.44. The van der Waals surface area contributed by atoms with Crippen LogP contribution in [0.1, 0.15) is 18.5 Å². The summed E-state index contributed by atoms with van der Waals surface area (Å²) in [4.78, 5) is 8.88. The number of piperazine rings is 1. The Kier molecular flexibility index (Phi) is 6.66. The lowest BCUT2D eigenvalue weighted by Gasteiger charge is -2.38. The number of nitrogens with one attached hydrogen (secondary N) is 1. The molecule has 0 bridgehead atoms. The van der Waals surface area contributed by atoms with Gasteiger partial charge in [-0.25, -0.2) is 4.98 Å². The van der Waals surface area contributed by atoms with E-state index in [1.54, 1.807) is 12.3 Å². The summed E-state index contributed by atoms with van der Waals surface area (Å²) in [5.41, 5.74) is 12.9. The van der Waals surface area contributed by atoms with Crippen LogP contribution in [0.3, 0.4) is 0 Å². The first-order valence-corrected chi connectivity index (χ1v) is 10.9. The standard InChI is InChI=1S/C21H25ClN6OS/c22-16-12-19-20(24-14-16)17(6-11-29-19)25-26-21(30)28-9-7-27(8-10-28)18-5-3-1-2-4-15(18)13-23/h1,3-5,12,14H,2,6-11,13,23H2,(H,26,30)/b25-17-. The Bertz CT molecular complexity index is 933. The lowest BCUT2D eigenvalue weighted by atomic mass is 10.1. The van der Waals surface area contributed by atoms with E-state index in [-0.39, 0.29) is 0 Å². The molecule has 1 aromatic rings. The van der Waals surface area contributed by atoms with Gasteiger partial charge in [0.05, 0.1) is 17.3 Å². The fourth-order valence-electron chi connectivity index (χ4n) is 3.72. The van der Waals surface area contributed by atoms with Gasteiger partial charge >= 0.3 is 0 Å². The number of aromatic nitrogens is 1. The van der Waals surface area contributed by atoms with Crippen LogP contribution in [0.5, 0.6) is 5.75 Å². The Morgan fingerprint density at radius 2 is 2.17 bits per heavy atom. The molecule has 1 aromatic heterocycles. The predicted molar refractivity (Wildman–Crippen MR) is 124 cm³/mol. The van der Waals surface area contributed by atoms with Crippen LogP contribution in [-0.4, -0.2) is 64.9 Å². The molecule has 30 heavy (non-hydrogen) atoms. The molecular formula is C21H25ClN6OS. The third kappa shape index (κ3) is 4.66. The molecule has 0 atom stereocenters. The minimum absolute atomic E-state index is 0.543. The molecule has 0 aromatic carbocycles. The van der Waals surface area contributed by atoms with E-state index in [0.29, 0.717) is 41.2 Å². The third-order valence-electron chi connectivity index (χ3n) is 5.32. The van der Waals surface area contributed by atoms with Crippen LogP contribution in [0.25, 0.3) is 0 Å². The van der Waals surface area contributed by atoms with Crippen LogP contribution in [0.4, 0.5) is 0 Å². The molecule has 2 aliphatic heterocycles. The summed E-state index contributed by atoms with van der Waals surface area (Å²) in [6.07, 6.45) is 11.8. The summed E-state index contributed by atoms with van der Waals surface area (Å²) < 4.78 is 5.63. The Balaban J connectivity index is 1.36. The van der Waals surface area contributed by atoms with Crippen molar-refractivity contribution in [1.29, 1.82) is 0 Å². The second-order valence-electron chi connectivity index (χ2n) is 7.20. The molecule has 0 saturated carbocycles. The quantitative estimate of drug-likeness (QED) is 0.547.